The van der Waals surface area contributed by atoms with E-state index >= 15 is 0 Å². The molecule has 344 valence electrons. The molecule has 0 unspecified atom stereocenters. The Labute approximate surface area is 414 Å². The molecule has 0 saturated carbocycles. The summed E-state index contributed by atoms with van der Waals surface area (Å²) < 4.78 is 0. The number of hydrogen-bond donors (Lipinski definition) is 0. The predicted molar refractivity (Wildman–Crippen MR) is 300 cm³/mol. The van der Waals surface area contributed by atoms with Gasteiger partial charge < -0.3 is 9.80 Å². The molecule has 70 heavy (non-hydrogen) atoms. The largest absolute Gasteiger partial charge is 0.309 e. The molecule has 2 nitrogen and oxygen atoms in total. The molecule has 0 N–H and O–H groups in total. The van der Waals surface area contributed by atoms with Gasteiger partial charge in [-0.3, -0.25) is 0 Å². The van der Waals surface area contributed by atoms with Crippen molar-refractivity contribution in [1.29, 1.82) is 0 Å². The number of hydrogen-bond acceptors (Lipinski definition) is 2. The molecule has 0 heterocycles. The normalized spacial score (nSPS) is 15.6. The maximum Gasteiger partial charge on any atom is 0.0543 e. The average molecular weight is 907 g/mol. The maximum absolute atomic E-state index is 2.66. The highest BCUT2D eigenvalue weighted by atomic mass is 15.2. The van der Waals surface area contributed by atoms with Crippen molar-refractivity contribution in [1.82, 2.24) is 0 Å². The number of fused-ring (bicyclic) bond motifs is 6. The zero-order valence-corrected chi connectivity index (χ0v) is 42.7. The third kappa shape index (κ3) is 5.80. The molecule has 10 aromatic rings. The summed E-state index contributed by atoms with van der Waals surface area (Å²) >= 11 is 0. The number of benzene rings is 10. The fourth-order valence-electron chi connectivity index (χ4n) is 13.9. The molecule has 0 spiro atoms. The molecule has 0 radical (unpaired) electrons. The van der Waals surface area contributed by atoms with Crippen LogP contribution in [0.1, 0.15) is 109 Å². The summed E-state index contributed by atoms with van der Waals surface area (Å²) in [7, 11) is 0. The van der Waals surface area contributed by atoms with Crippen molar-refractivity contribution >= 4 is 66.4 Å². The summed E-state index contributed by atoms with van der Waals surface area (Å²) in [5.41, 5.74) is 27.2. The second-order valence-electron chi connectivity index (χ2n) is 22.9. The zero-order chi connectivity index (χ0) is 48.3. The van der Waals surface area contributed by atoms with Crippen molar-refractivity contribution in [2.75, 3.05) is 9.80 Å². The number of nitrogens with zero attached hydrogens (tertiary/aromatic N) is 2. The molecule has 0 atom stereocenters. The van der Waals surface area contributed by atoms with Gasteiger partial charge in [-0.25, -0.2) is 0 Å². The van der Waals surface area contributed by atoms with Crippen LogP contribution in [0.15, 0.2) is 152 Å². The van der Waals surface area contributed by atoms with Crippen LogP contribution in [0.2, 0.25) is 0 Å². The van der Waals surface area contributed by atoms with E-state index in [2.05, 4.69) is 238 Å². The Morgan fingerprint density at radius 1 is 0.357 bits per heavy atom. The van der Waals surface area contributed by atoms with Gasteiger partial charge in [0.15, 0.2) is 0 Å². The summed E-state index contributed by atoms with van der Waals surface area (Å²) in [5, 5.41) is 8.15. The van der Waals surface area contributed by atoms with Gasteiger partial charge in [-0.15, -0.1) is 0 Å². The van der Waals surface area contributed by atoms with Crippen LogP contribution >= 0.6 is 0 Å². The lowest BCUT2D eigenvalue weighted by atomic mass is 9.70. The summed E-state index contributed by atoms with van der Waals surface area (Å²) in [4.78, 5) is 5.31. The molecule has 3 aliphatic carbocycles. The Hall–Kier alpha value is -7.16. The van der Waals surface area contributed by atoms with Crippen molar-refractivity contribution < 1.29 is 0 Å². The fourth-order valence-corrected chi connectivity index (χ4v) is 13.9. The van der Waals surface area contributed by atoms with E-state index in [1.54, 1.807) is 0 Å². The van der Waals surface area contributed by atoms with Gasteiger partial charge in [0, 0.05) is 38.4 Å². The third-order valence-corrected chi connectivity index (χ3v) is 17.3. The minimum Gasteiger partial charge on any atom is -0.309 e. The van der Waals surface area contributed by atoms with Crippen LogP contribution in [-0.2, 0) is 22.7 Å². The zero-order valence-electron chi connectivity index (χ0n) is 42.7. The second kappa shape index (κ2) is 14.7. The van der Waals surface area contributed by atoms with Gasteiger partial charge in [0.25, 0.3) is 0 Å². The van der Waals surface area contributed by atoms with Crippen LogP contribution in [0.3, 0.4) is 0 Å². The smallest absolute Gasteiger partial charge is 0.0543 e. The van der Waals surface area contributed by atoms with Crippen LogP contribution in [-0.4, -0.2) is 0 Å². The van der Waals surface area contributed by atoms with E-state index in [9.17, 15) is 0 Å². The Morgan fingerprint density at radius 2 is 0.857 bits per heavy atom. The third-order valence-electron chi connectivity index (χ3n) is 17.3. The van der Waals surface area contributed by atoms with E-state index in [1.165, 1.54) is 150 Å². The monoisotopic (exact) mass is 906 g/mol. The van der Waals surface area contributed by atoms with Crippen LogP contribution < -0.4 is 9.80 Å². The molecule has 0 bridgehead atoms. The highest BCUT2D eigenvalue weighted by Gasteiger charge is 2.42. The van der Waals surface area contributed by atoms with Gasteiger partial charge in [-0.1, -0.05) is 162 Å². The van der Waals surface area contributed by atoms with E-state index in [0.717, 1.165) is 12.8 Å². The fraction of sp³-hybridized carbons (Fsp3) is 0.235. The molecular weight excluding hydrogens is 845 g/mol. The van der Waals surface area contributed by atoms with Gasteiger partial charge in [0.1, 0.15) is 0 Å². The van der Waals surface area contributed by atoms with Crippen molar-refractivity contribution in [3.63, 3.8) is 0 Å². The summed E-state index contributed by atoms with van der Waals surface area (Å²) in [5.74, 6) is 0. The molecule has 0 amide bonds. The van der Waals surface area contributed by atoms with Crippen molar-refractivity contribution in [3.8, 4) is 22.3 Å². The van der Waals surface area contributed by atoms with Gasteiger partial charge in [-0.2, -0.15) is 0 Å². The average Bonchev–Trinajstić information content (AvgIpc) is 3.72. The van der Waals surface area contributed by atoms with Gasteiger partial charge in [-0.05, 0) is 184 Å². The first-order valence-corrected chi connectivity index (χ1v) is 25.6. The Kier molecular flexibility index (Phi) is 9.00. The molecule has 0 aliphatic heterocycles. The van der Waals surface area contributed by atoms with E-state index in [-0.39, 0.29) is 16.2 Å². The van der Waals surface area contributed by atoms with Crippen LogP contribution in [0.5, 0.6) is 0 Å². The van der Waals surface area contributed by atoms with Crippen LogP contribution in [0.4, 0.5) is 34.1 Å². The Balaban J connectivity index is 1.16. The van der Waals surface area contributed by atoms with E-state index < -0.39 is 0 Å². The predicted octanol–water partition coefficient (Wildman–Crippen LogP) is 18.9. The molecule has 3 aliphatic rings. The van der Waals surface area contributed by atoms with E-state index in [0.29, 0.717) is 0 Å². The van der Waals surface area contributed by atoms with Crippen LogP contribution in [0.25, 0.3) is 54.6 Å². The van der Waals surface area contributed by atoms with Gasteiger partial charge in [0.05, 0.1) is 22.7 Å². The quantitative estimate of drug-likeness (QED) is 0.153. The highest BCUT2D eigenvalue weighted by molar-refractivity contribution is 6.30. The molecular formula is C68H62N2. The summed E-state index contributed by atoms with van der Waals surface area (Å²) in [6.07, 6.45) is 2.10. The minimum atomic E-state index is -0.207. The van der Waals surface area contributed by atoms with Crippen molar-refractivity contribution in [2.24, 2.45) is 0 Å². The number of anilines is 6. The van der Waals surface area contributed by atoms with Gasteiger partial charge in [0.2, 0.25) is 0 Å². The minimum absolute atomic E-state index is 0.0328. The van der Waals surface area contributed by atoms with Crippen molar-refractivity contribution in [3.05, 3.63) is 213 Å². The van der Waals surface area contributed by atoms with E-state index in [1.807, 2.05) is 0 Å². The number of aryl methyl sites for hydroxylation is 6. The Bertz CT molecular complexity index is 3880. The maximum atomic E-state index is 2.66. The first-order chi connectivity index (χ1) is 33.6. The summed E-state index contributed by atoms with van der Waals surface area (Å²) in [6.45, 7) is 26.1. The molecule has 10 aromatic carbocycles. The molecule has 0 aromatic heterocycles. The lowest BCUT2D eigenvalue weighted by Crippen LogP contribution is -2.25. The molecule has 0 fully saturated rings. The lowest BCUT2D eigenvalue weighted by Gasteiger charge is -2.38. The first-order valence-electron chi connectivity index (χ1n) is 25.6. The highest BCUT2D eigenvalue weighted by Crippen LogP contribution is 2.59. The van der Waals surface area contributed by atoms with Crippen molar-refractivity contribution in [2.45, 2.75) is 105 Å². The lowest BCUT2D eigenvalue weighted by molar-refractivity contribution is 0.475. The summed E-state index contributed by atoms with van der Waals surface area (Å²) in [6, 6.07) is 58.9. The number of rotatable bonds is 6. The van der Waals surface area contributed by atoms with E-state index in [4.69, 9.17) is 0 Å². The SMILES string of the molecule is Cc1ccc(N(c2cccc3c2C(C)(C)c2ccccc2-3)c2cc(C)c3ccc4c(N(c5ccc(C)cc5C)c5cccc6c5C(C)(C)c5ccccc5-6)cc5c6c(cc2c3c46)C(C)(C)CC5)c(C)c1. The van der Waals surface area contributed by atoms with Crippen LogP contribution in [0, 0.1) is 34.6 Å². The molecule has 0 saturated heterocycles. The standard InChI is InChI=1S/C68H62N2/c1-39-26-30-55(42(4)34-39)69(57-24-16-20-48-46-18-12-14-22-52(46)67(8,9)64(48)57)59-36-41(3)45-28-29-50-60(37-44-32-33-66(6,7)54-38-51(59)62(45)63(50)61(44)54)70(56-31-27-40(2)35-43(56)5)58-25-17-21-49-47-19-13-15-23-53(47)68(10,11)65(49)58/h12-31,34-38H,32-33H2,1-11H3. The topological polar surface area (TPSA) is 6.48 Å². The Morgan fingerprint density at radius 3 is 1.40 bits per heavy atom. The molecule has 2 heteroatoms. The molecule has 13 rings (SSSR count). The first kappa shape index (κ1) is 42.9. The second-order valence-corrected chi connectivity index (χ2v) is 22.9. The van der Waals surface area contributed by atoms with Gasteiger partial charge >= 0.3 is 0 Å².